The number of benzene rings is 5. The fourth-order valence-corrected chi connectivity index (χ4v) is 12.0. The molecule has 21 nitrogen and oxygen atoms in total. The molecule has 3 atom stereocenters. The Bertz CT molecular complexity index is 3370. The number of hydrogen-bond acceptors (Lipinski definition) is 14. The Labute approximate surface area is 463 Å². The second-order valence-electron chi connectivity index (χ2n) is 19.9. The van der Waals surface area contributed by atoms with Gasteiger partial charge in [0.25, 0.3) is 21.9 Å². The van der Waals surface area contributed by atoms with Crippen molar-refractivity contribution in [2.75, 3.05) is 63.1 Å². The zero-order valence-electron chi connectivity index (χ0n) is 44.8. The van der Waals surface area contributed by atoms with Crippen LogP contribution in [-0.2, 0) is 77.2 Å². The molecule has 5 aromatic rings. The summed E-state index contributed by atoms with van der Waals surface area (Å²) in [6, 6.07) is 26.4. The largest absolute Gasteiger partial charge is 0.493 e. The first-order chi connectivity index (χ1) is 38.6. The van der Waals surface area contributed by atoms with Crippen molar-refractivity contribution in [3.63, 3.8) is 0 Å². The maximum atomic E-state index is 14.5. The molecular formula is C58H63N7O14S. The number of carbonyl (C=O) groups is 7. The lowest BCUT2D eigenvalue weighted by Gasteiger charge is -2.28. The second-order valence-corrected chi connectivity index (χ2v) is 21.8. The summed E-state index contributed by atoms with van der Waals surface area (Å²) < 4.78 is 56.7. The molecule has 0 saturated carbocycles. The highest BCUT2D eigenvalue weighted by Crippen LogP contribution is 2.44. The smallest absolute Gasteiger partial charge is 0.272 e. The number of unbranched alkanes of at least 4 members (excludes halogenated alkanes) is 1. The summed E-state index contributed by atoms with van der Waals surface area (Å²) in [6.07, 6.45) is 3.77. The summed E-state index contributed by atoms with van der Waals surface area (Å²) in [4.78, 5) is 94.1. The minimum atomic E-state index is -4.16. The molecule has 4 aliphatic rings. The van der Waals surface area contributed by atoms with E-state index >= 15 is 0 Å². The first kappa shape index (κ1) is 56.2. The third kappa shape index (κ3) is 12.5. The summed E-state index contributed by atoms with van der Waals surface area (Å²) in [5, 5.41) is 11.6. The van der Waals surface area contributed by atoms with Gasteiger partial charge in [-0.1, -0.05) is 36.4 Å². The molecule has 0 saturated heterocycles. The van der Waals surface area contributed by atoms with Crippen LogP contribution in [-0.4, -0.2) is 115 Å². The molecule has 80 heavy (non-hydrogen) atoms. The summed E-state index contributed by atoms with van der Waals surface area (Å²) in [5.74, 6) is -1.75. The number of rotatable bonds is 22. The average Bonchev–Trinajstić information content (AvgIpc) is 4.09. The molecule has 1 unspecified atom stereocenters. The van der Waals surface area contributed by atoms with Gasteiger partial charge in [0.2, 0.25) is 29.5 Å². The van der Waals surface area contributed by atoms with Crippen molar-refractivity contribution < 1.29 is 65.1 Å². The topological polar surface area (TPSA) is 266 Å². The Balaban J connectivity index is 0.915. The van der Waals surface area contributed by atoms with E-state index in [9.17, 15) is 42.0 Å². The highest BCUT2D eigenvalue weighted by atomic mass is 32.2. The molecule has 0 fully saturated rings. The number of hydrogen-bond donors (Lipinski definition) is 5. The van der Waals surface area contributed by atoms with Crippen LogP contribution >= 0.6 is 0 Å². The van der Waals surface area contributed by atoms with Crippen molar-refractivity contribution in [2.24, 2.45) is 0 Å². The van der Waals surface area contributed by atoms with E-state index in [-0.39, 0.29) is 79.8 Å². The number of amides is 7. The van der Waals surface area contributed by atoms with Crippen LogP contribution in [0, 0.1) is 0 Å². The van der Waals surface area contributed by atoms with Crippen molar-refractivity contribution in [2.45, 2.75) is 88.3 Å². The van der Waals surface area contributed by atoms with Crippen LogP contribution in [0.5, 0.6) is 23.0 Å². The summed E-state index contributed by atoms with van der Waals surface area (Å²) in [7, 11) is 1.40. The SMILES string of the molecule is CNC(=O)CCCCC(=O)NCC(=O)NCC(=O)NCC(=O)Nc1cc(COc2cc3c(cc2OC)C(=O)N2c4ccccc4C[C@H]2CC3)cc(COc2cc3c(cc2OC)C(=O)N2c4ccccc4C[C@H]2C(S(=O)(=O)OC)C3)c1. The minimum Gasteiger partial charge on any atom is -0.493 e. The Morgan fingerprint density at radius 1 is 0.575 bits per heavy atom. The maximum absolute atomic E-state index is 14.5. The number of anilines is 3. The van der Waals surface area contributed by atoms with E-state index < -0.39 is 58.1 Å². The Morgan fingerprint density at radius 3 is 1.70 bits per heavy atom. The first-order valence-electron chi connectivity index (χ1n) is 26.3. The Hall–Kier alpha value is -8.50. The number of fused-ring (bicyclic) bond motifs is 8. The van der Waals surface area contributed by atoms with E-state index in [0.717, 1.165) is 42.3 Å². The Kier molecular flexibility index (Phi) is 17.3. The van der Waals surface area contributed by atoms with E-state index in [0.29, 0.717) is 70.8 Å². The fraction of sp³-hybridized carbons (Fsp3) is 0.362. The highest BCUT2D eigenvalue weighted by molar-refractivity contribution is 7.87. The van der Waals surface area contributed by atoms with Gasteiger partial charge in [0, 0.05) is 54.1 Å². The monoisotopic (exact) mass is 1110 g/mol. The molecular weight excluding hydrogens is 1050 g/mol. The molecule has 0 spiro atoms. The predicted octanol–water partition coefficient (Wildman–Crippen LogP) is 4.45. The van der Waals surface area contributed by atoms with Crippen LogP contribution in [0.4, 0.5) is 17.1 Å². The van der Waals surface area contributed by atoms with Gasteiger partial charge < -0.3 is 55.3 Å². The quantitative estimate of drug-likeness (QED) is 0.0474. The van der Waals surface area contributed by atoms with Gasteiger partial charge in [0.1, 0.15) is 18.5 Å². The molecule has 0 bridgehead atoms. The number of para-hydroxylation sites is 2. The molecule has 22 heteroatoms. The van der Waals surface area contributed by atoms with Gasteiger partial charge >= 0.3 is 0 Å². The van der Waals surface area contributed by atoms with E-state index in [1.807, 2.05) is 41.3 Å². The number of carbonyl (C=O) groups excluding carboxylic acids is 7. The summed E-state index contributed by atoms with van der Waals surface area (Å²) in [6.45, 7) is -1.48. The zero-order chi connectivity index (χ0) is 56.7. The van der Waals surface area contributed by atoms with Crippen LogP contribution < -0.4 is 55.3 Å². The van der Waals surface area contributed by atoms with Crippen molar-refractivity contribution >= 4 is 68.5 Å². The normalized spacial score (nSPS) is 16.7. The number of nitrogens with zero attached hydrogens (tertiary/aromatic N) is 2. The van der Waals surface area contributed by atoms with E-state index in [1.165, 1.54) is 26.2 Å². The van der Waals surface area contributed by atoms with E-state index in [4.69, 9.17) is 23.1 Å². The molecule has 9 rings (SSSR count). The third-order valence-electron chi connectivity index (χ3n) is 14.8. The van der Waals surface area contributed by atoms with Crippen LogP contribution in [0.1, 0.15) is 86.2 Å². The van der Waals surface area contributed by atoms with Gasteiger partial charge in [-0.15, -0.1) is 0 Å². The molecule has 5 aromatic carbocycles. The number of aryl methyl sites for hydroxylation is 1. The van der Waals surface area contributed by atoms with Gasteiger partial charge in [0.05, 0.1) is 47.0 Å². The van der Waals surface area contributed by atoms with Gasteiger partial charge in [-0.3, -0.25) is 37.7 Å². The van der Waals surface area contributed by atoms with Crippen LogP contribution in [0.3, 0.4) is 0 Å². The Morgan fingerprint density at radius 2 is 1.10 bits per heavy atom. The number of methoxy groups -OCH3 is 2. The van der Waals surface area contributed by atoms with Gasteiger partial charge in [0.15, 0.2) is 23.0 Å². The molecule has 420 valence electrons. The van der Waals surface area contributed by atoms with Crippen molar-refractivity contribution in [1.29, 1.82) is 0 Å². The van der Waals surface area contributed by atoms with E-state index in [2.05, 4.69) is 32.7 Å². The molecule has 5 N–H and O–H groups in total. The van der Waals surface area contributed by atoms with Crippen LogP contribution in [0.25, 0.3) is 0 Å². The number of ether oxygens (including phenoxy) is 4. The molecule has 0 radical (unpaired) electrons. The van der Waals surface area contributed by atoms with Gasteiger partial charge in [-0.2, -0.15) is 8.42 Å². The average molecular weight is 1110 g/mol. The molecule has 0 aromatic heterocycles. The predicted molar refractivity (Wildman–Crippen MR) is 295 cm³/mol. The van der Waals surface area contributed by atoms with Crippen molar-refractivity contribution in [3.8, 4) is 23.0 Å². The maximum Gasteiger partial charge on any atom is 0.272 e. The van der Waals surface area contributed by atoms with Crippen LogP contribution in [0.2, 0.25) is 0 Å². The van der Waals surface area contributed by atoms with E-state index in [1.54, 1.807) is 48.5 Å². The standard InChI is InChI=1S/C58H63N7O14S/c1-59-52(66)15-9-10-16-53(67)60-29-54(68)61-30-55(69)62-31-56(70)63-40-20-34(32-78-49-24-36-17-18-41-22-37-11-5-7-13-44(37)64(41)57(71)42(36)27-47(49)75-2)19-35(21-40)33-79-50-25-39-26-51(80(73,74)77-4)46-23-38-12-6-8-14-45(38)65(46)58(72)43(39)28-48(50)76-3/h5-8,11-14,19-21,24-25,27-28,41,46,51H,9-10,15-18,22-23,26,29-33H2,1-4H3,(H,59,66)(H,60,67)(H,61,68)(H,62,69)(H,63,70)/t41-,46+,51?/m1/s1. The van der Waals surface area contributed by atoms with Crippen LogP contribution in [0.15, 0.2) is 91.0 Å². The van der Waals surface area contributed by atoms with Gasteiger partial charge in [-0.05, 0) is 133 Å². The van der Waals surface area contributed by atoms with Crippen molar-refractivity contribution in [1.82, 2.24) is 21.3 Å². The number of nitrogens with one attached hydrogen (secondary N) is 5. The van der Waals surface area contributed by atoms with Gasteiger partial charge in [-0.25, -0.2) is 0 Å². The zero-order valence-corrected chi connectivity index (χ0v) is 45.6. The third-order valence-corrected chi connectivity index (χ3v) is 16.4. The fourth-order valence-electron chi connectivity index (χ4n) is 10.8. The first-order valence-corrected chi connectivity index (χ1v) is 27.8. The van der Waals surface area contributed by atoms with Crippen molar-refractivity contribution in [3.05, 3.63) is 136 Å². The molecule has 0 aliphatic carbocycles. The molecule has 4 aliphatic heterocycles. The molecule has 4 heterocycles. The lowest BCUT2D eigenvalue weighted by atomic mass is 9.99. The lowest BCUT2D eigenvalue weighted by molar-refractivity contribution is -0.128. The summed E-state index contributed by atoms with van der Waals surface area (Å²) in [5.41, 5.74) is 6.92. The summed E-state index contributed by atoms with van der Waals surface area (Å²) >= 11 is 0. The molecule has 7 amide bonds. The highest BCUT2D eigenvalue weighted by Gasteiger charge is 2.48. The minimum absolute atomic E-state index is 0.0128. The lowest BCUT2D eigenvalue weighted by Crippen LogP contribution is -2.47. The second kappa shape index (κ2) is 24.7.